The van der Waals surface area contributed by atoms with Gasteiger partial charge < -0.3 is 10.1 Å². The van der Waals surface area contributed by atoms with Crippen LogP contribution in [0, 0.1) is 11.7 Å². The minimum absolute atomic E-state index is 0.0493. The molecule has 1 N–H and O–H groups in total. The van der Waals surface area contributed by atoms with Crippen molar-refractivity contribution in [3.8, 4) is 0 Å². The minimum atomic E-state index is -0.239. The third-order valence-electron chi connectivity index (χ3n) is 3.14. The molecule has 80 valence electrons. The van der Waals surface area contributed by atoms with Crippen LogP contribution in [0.4, 0.5) is 4.39 Å². The molecule has 1 aromatic rings. The number of halogens is 1. The number of benzene rings is 1. The molecule has 1 aliphatic heterocycles. The summed E-state index contributed by atoms with van der Waals surface area (Å²) in [6, 6.07) is 6.68. The summed E-state index contributed by atoms with van der Waals surface area (Å²) in [6.07, 6.45) is 0.972. The molecule has 0 radical (unpaired) electrons. The Balaban J connectivity index is 2.27. The van der Waals surface area contributed by atoms with Gasteiger partial charge in [-0.1, -0.05) is 12.1 Å². The van der Waals surface area contributed by atoms with Crippen molar-refractivity contribution in [1.82, 2.24) is 5.32 Å². The summed E-state index contributed by atoms with van der Waals surface area (Å²) < 4.78 is 13.0. The monoisotopic (exact) mass is 207 g/mol. The highest BCUT2D eigenvalue weighted by atomic mass is 19.1. The van der Waals surface area contributed by atoms with Crippen LogP contribution >= 0.6 is 0 Å². The Morgan fingerprint density at radius 1 is 1.53 bits per heavy atom. The van der Waals surface area contributed by atoms with Crippen LogP contribution in [0.3, 0.4) is 0 Å². The number of hydrogen-bond acceptors (Lipinski definition) is 2. The highest BCUT2D eigenvalue weighted by Gasteiger charge is 2.33. The second-order valence-electron chi connectivity index (χ2n) is 4.07. The smallest absolute Gasteiger partial charge is 0.125 e. The van der Waals surface area contributed by atoms with Gasteiger partial charge in [-0.3, -0.25) is 0 Å². The van der Waals surface area contributed by atoms with Crippen molar-refractivity contribution >= 4 is 6.29 Å². The minimum Gasteiger partial charge on any atom is -0.313 e. The van der Waals surface area contributed by atoms with E-state index in [-0.39, 0.29) is 23.7 Å². The Labute approximate surface area is 88.5 Å². The van der Waals surface area contributed by atoms with Crippen LogP contribution in [0.15, 0.2) is 24.3 Å². The quantitative estimate of drug-likeness (QED) is 0.748. The van der Waals surface area contributed by atoms with Crippen LogP contribution in [0.25, 0.3) is 0 Å². The highest BCUT2D eigenvalue weighted by Crippen LogP contribution is 2.30. The number of hydrogen-bond donors (Lipinski definition) is 1. The van der Waals surface area contributed by atoms with Crippen molar-refractivity contribution in [2.24, 2.45) is 5.92 Å². The maximum absolute atomic E-state index is 13.0. The van der Waals surface area contributed by atoms with Gasteiger partial charge in [0.15, 0.2) is 0 Å². The number of nitrogens with one attached hydrogen (secondary N) is 1. The Bertz CT molecular complexity index is 366. The molecule has 3 atom stereocenters. The van der Waals surface area contributed by atoms with Crippen molar-refractivity contribution in [2.75, 3.05) is 6.54 Å². The van der Waals surface area contributed by atoms with E-state index in [2.05, 4.69) is 5.32 Å². The molecular formula is C12H14FNO. The van der Waals surface area contributed by atoms with Crippen LogP contribution in [0.1, 0.15) is 18.4 Å². The molecule has 1 saturated heterocycles. The van der Waals surface area contributed by atoms with E-state index in [4.69, 9.17) is 0 Å². The van der Waals surface area contributed by atoms with E-state index in [1.165, 1.54) is 12.1 Å². The summed E-state index contributed by atoms with van der Waals surface area (Å²) in [5, 5.41) is 3.23. The fourth-order valence-corrected chi connectivity index (χ4v) is 2.22. The molecule has 1 heterocycles. The van der Waals surface area contributed by atoms with Crippen molar-refractivity contribution in [1.29, 1.82) is 0 Å². The lowest BCUT2D eigenvalue weighted by Gasteiger charge is -2.15. The number of carbonyl (C=O) groups is 1. The predicted octanol–water partition coefficient (Wildman–Crippen LogP) is 1.72. The molecule has 15 heavy (non-hydrogen) atoms. The summed E-state index contributed by atoms with van der Waals surface area (Å²) in [5.74, 6) is -0.184. The molecule has 2 nitrogen and oxygen atoms in total. The van der Waals surface area contributed by atoms with E-state index in [0.29, 0.717) is 0 Å². The first kappa shape index (κ1) is 10.3. The van der Waals surface area contributed by atoms with Gasteiger partial charge in [-0.15, -0.1) is 0 Å². The molecule has 1 fully saturated rings. The average molecular weight is 207 g/mol. The van der Waals surface area contributed by atoms with Crippen LogP contribution in [-0.4, -0.2) is 18.9 Å². The lowest BCUT2D eigenvalue weighted by atomic mass is 9.87. The van der Waals surface area contributed by atoms with Gasteiger partial charge in [0.05, 0.1) is 0 Å². The molecule has 0 saturated carbocycles. The Kier molecular flexibility index (Phi) is 2.82. The maximum Gasteiger partial charge on any atom is 0.125 e. The van der Waals surface area contributed by atoms with Crippen molar-refractivity contribution < 1.29 is 9.18 Å². The Morgan fingerprint density at radius 2 is 2.33 bits per heavy atom. The summed E-state index contributed by atoms with van der Waals surface area (Å²) in [5.41, 5.74) is 0.906. The molecule has 0 amide bonds. The van der Waals surface area contributed by atoms with Crippen LogP contribution in [0.5, 0.6) is 0 Å². The van der Waals surface area contributed by atoms with Crippen LogP contribution in [-0.2, 0) is 4.79 Å². The lowest BCUT2D eigenvalue weighted by Crippen LogP contribution is -2.23. The van der Waals surface area contributed by atoms with Gasteiger partial charge in [-0.05, 0) is 24.6 Å². The highest BCUT2D eigenvalue weighted by molar-refractivity contribution is 5.58. The molecule has 0 aliphatic carbocycles. The Hall–Kier alpha value is -1.22. The molecule has 0 aromatic heterocycles. The zero-order valence-corrected chi connectivity index (χ0v) is 8.61. The molecule has 2 rings (SSSR count). The topological polar surface area (TPSA) is 29.1 Å². The third-order valence-corrected chi connectivity index (χ3v) is 3.14. The van der Waals surface area contributed by atoms with E-state index in [1.54, 1.807) is 6.07 Å². The molecule has 0 bridgehead atoms. The van der Waals surface area contributed by atoms with Gasteiger partial charge in [-0.25, -0.2) is 4.39 Å². The van der Waals surface area contributed by atoms with E-state index in [0.717, 1.165) is 18.4 Å². The van der Waals surface area contributed by atoms with Gasteiger partial charge >= 0.3 is 0 Å². The van der Waals surface area contributed by atoms with Gasteiger partial charge in [0.25, 0.3) is 0 Å². The molecule has 3 unspecified atom stereocenters. The zero-order chi connectivity index (χ0) is 10.8. The van der Waals surface area contributed by atoms with E-state index in [1.807, 2.05) is 13.0 Å². The molecule has 1 aliphatic rings. The van der Waals surface area contributed by atoms with Crippen molar-refractivity contribution in [3.63, 3.8) is 0 Å². The van der Waals surface area contributed by atoms with Gasteiger partial charge in [0.1, 0.15) is 12.1 Å². The van der Waals surface area contributed by atoms with Gasteiger partial charge in [0, 0.05) is 24.4 Å². The second kappa shape index (κ2) is 4.11. The second-order valence-corrected chi connectivity index (χ2v) is 4.07. The van der Waals surface area contributed by atoms with Gasteiger partial charge in [0.2, 0.25) is 0 Å². The summed E-state index contributed by atoms with van der Waals surface area (Å²) in [4.78, 5) is 11.0. The first-order valence-electron chi connectivity index (χ1n) is 5.16. The van der Waals surface area contributed by atoms with Gasteiger partial charge in [-0.2, -0.15) is 0 Å². The lowest BCUT2D eigenvalue weighted by molar-refractivity contribution is -0.111. The van der Waals surface area contributed by atoms with E-state index in [9.17, 15) is 9.18 Å². The maximum atomic E-state index is 13.0. The summed E-state index contributed by atoms with van der Waals surface area (Å²) in [7, 11) is 0. The fourth-order valence-electron chi connectivity index (χ4n) is 2.22. The average Bonchev–Trinajstić information content (AvgIpc) is 2.59. The number of rotatable bonds is 2. The van der Waals surface area contributed by atoms with Crippen LogP contribution in [0.2, 0.25) is 0 Å². The predicted molar refractivity (Wildman–Crippen MR) is 56.2 cm³/mol. The first-order valence-corrected chi connectivity index (χ1v) is 5.16. The SMILES string of the molecule is CC1NCC(c2cccc(F)c2)C1C=O. The van der Waals surface area contributed by atoms with Crippen LogP contribution < -0.4 is 5.32 Å². The molecular weight excluding hydrogens is 193 g/mol. The summed E-state index contributed by atoms with van der Waals surface area (Å²) in [6.45, 7) is 2.73. The van der Waals surface area contributed by atoms with E-state index < -0.39 is 0 Å². The standard InChI is InChI=1S/C12H14FNO/c1-8-12(7-15)11(6-14-8)9-3-2-4-10(13)5-9/h2-5,7-8,11-12,14H,6H2,1H3. The molecule has 3 heteroatoms. The number of aldehydes is 1. The summed E-state index contributed by atoms with van der Waals surface area (Å²) >= 11 is 0. The molecule has 0 spiro atoms. The van der Waals surface area contributed by atoms with Crippen molar-refractivity contribution in [2.45, 2.75) is 18.9 Å². The normalized spacial score (nSPS) is 30.4. The number of carbonyl (C=O) groups excluding carboxylic acids is 1. The largest absolute Gasteiger partial charge is 0.313 e. The molecule has 1 aromatic carbocycles. The van der Waals surface area contributed by atoms with E-state index >= 15 is 0 Å². The van der Waals surface area contributed by atoms with Crippen molar-refractivity contribution in [3.05, 3.63) is 35.6 Å². The fraction of sp³-hybridized carbons (Fsp3) is 0.417. The Morgan fingerprint density at radius 3 is 3.00 bits per heavy atom. The zero-order valence-electron chi connectivity index (χ0n) is 8.61. The first-order chi connectivity index (χ1) is 7.22. The third kappa shape index (κ3) is 1.92.